The van der Waals surface area contributed by atoms with Crippen molar-refractivity contribution in [1.82, 2.24) is 0 Å². The number of carbonyl (C=O) groups excluding carboxylic acids is 2. The van der Waals surface area contributed by atoms with E-state index in [1.54, 1.807) is 6.92 Å². The van der Waals surface area contributed by atoms with Gasteiger partial charge in [0.15, 0.2) is 0 Å². The number of hydrogen-bond acceptors (Lipinski definition) is 3. The van der Waals surface area contributed by atoms with E-state index in [2.05, 4.69) is 0 Å². The molecule has 0 aromatic rings. The normalized spacial score (nSPS) is 19.2. The quantitative estimate of drug-likeness (QED) is 0.532. The van der Waals surface area contributed by atoms with Crippen LogP contribution in [-0.2, 0) is 14.3 Å². The molecule has 1 fully saturated rings. The lowest BCUT2D eigenvalue weighted by molar-refractivity contribution is -0.162. The van der Waals surface area contributed by atoms with Gasteiger partial charge < -0.3 is 4.74 Å². The van der Waals surface area contributed by atoms with Crippen LogP contribution >= 0.6 is 0 Å². The molecular formula is C12H20O3. The molecule has 0 aromatic heterocycles. The van der Waals surface area contributed by atoms with Crippen molar-refractivity contribution in [3.8, 4) is 0 Å². The van der Waals surface area contributed by atoms with E-state index < -0.39 is 11.5 Å². The Morgan fingerprint density at radius 3 is 2.13 bits per heavy atom. The Morgan fingerprint density at radius 1 is 1.27 bits per heavy atom. The minimum atomic E-state index is -0.602. The van der Waals surface area contributed by atoms with Gasteiger partial charge in [0.1, 0.15) is 17.3 Å². The van der Waals surface area contributed by atoms with Gasteiger partial charge in [0, 0.05) is 5.92 Å². The third kappa shape index (κ3) is 3.33. The van der Waals surface area contributed by atoms with E-state index in [9.17, 15) is 9.59 Å². The van der Waals surface area contributed by atoms with E-state index in [0.717, 1.165) is 19.3 Å². The van der Waals surface area contributed by atoms with E-state index in [4.69, 9.17) is 4.74 Å². The Bertz CT molecular complexity index is 259. The first-order chi connectivity index (χ1) is 6.81. The molecule has 0 heterocycles. The zero-order chi connectivity index (χ0) is 11.6. The van der Waals surface area contributed by atoms with E-state index in [0.29, 0.717) is 0 Å². The summed E-state index contributed by atoms with van der Waals surface area (Å²) in [5.74, 6) is -0.836. The highest BCUT2D eigenvalue weighted by Gasteiger charge is 2.34. The molecule has 0 radical (unpaired) electrons. The molecule has 3 heteroatoms. The zero-order valence-electron chi connectivity index (χ0n) is 10.0. The molecule has 86 valence electrons. The highest BCUT2D eigenvalue weighted by atomic mass is 16.6. The summed E-state index contributed by atoms with van der Waals surface area (Å²) in [6, 6.07) is 0. The van der Waals surface area contributed by atoms with Crippen molar-refractivity contribution in [2.45, 2.75) is 52.6 Å². The number of carbonyl (C=O) groups is 2. The van der Waals surface area contributed by atoms with Crippen LogP contribution in [0.25, 0.3) is 0 Å². The average Bonchev–Trinajstić information content (AvgIpc) is 1.96. The van der Waals surface area contributed by atoms with Crippen LogP contribution in [0.1, 0.15) is 47.0 Å². The van der Waals surface area contributed by atoms with Crippen LogP contribution < -0.4 is 0 Å². The zero-order valence-corrected chi connectivity index (χ0v) is 10.0. The molecule has 0 aromatic carbocycles. The first-order valence-electron chi connectivity index (χ1n) is 5.58. The second-order valence-corrected chi connectivity index (χ2v) is 5.29. The van der Waals surface area contributed by atoms with Gasteiger partial charge in [-0.2, -0.15) is 0 Å². The summed E-state index contributed by atoms with van der Waals surface area (Å²) in [4.78, 5) is 23.4. The van der Waals surface area contributed by atoms with E-state index >= 15 is 0 Å². The van der Waals surface area contributed by atoms with Gasteiger partial charge in [0.2, 0.25) is 0 Å². The van der Waals surface area contributed by atoms with Gasteiger partial charge in [-0.05, 0) is 40.5 Å². The first kappa shape index (κ1) is 12.2. The lowest BCUT2D eigenvalue weighted by atomic mass is 9.78. The fourth-order valence-electron chi connectivity index (χ4n) is 1.55. The molecule has 1 atom stereocenters. The maximum absolute atomic E-state index is 11.8. The maximum atomic E-state index is 11.8. The molecule has 0 saturated heterocycles. The molecule has 0 bridgehead atoms. The predicted molar refractivity (Wildman–Crippen MR) is 57.4 cm³/mol. The van der Waals surface area contributed by atoms with E-state index in [-0.39, 0.29) is 17.7 Å². The standard InChI is InChI=1S/C12H20O3/c1-8(10(13)9-6-5-7-9)11(14)15-12(2,3)4/h8-9H,5-7H2,1-4H3/t8-/m0/s1. The Balaban J connectivity index is 2.48. The number of esters is 1. The number of Topliss-reactive ketones (excluding diaryl/α,β-unsaturated/α-hetero) is 1. The molecule has 15 heavy (non-hydrogen) atoms. The van der Waals surface area contributed by atoms with Crippen LogP contribution in [0.3, 0.4) is 0 Å². The van der Waals surface area contributed by atoms with Crippen molar-refractivity contribution in [1.29, 1.82) is 0 Å². The van der Waals surface area contributed by atoms with Crippen LogP contribution in [0, 0.1) is 11.8 Å². The topological polar surface area (TPSA) is 43.4 Å². The van der Waals surface area contributed by atoms with E-state index in [1.165, 1.54) is 0 Å². The Kier molecular flexibility index (Phi) is 3.53. The van der Waals surface area contributed by atoms with Crippen LogP contribution in [0.2, 0.25) is 0 Å². The van der Waals surface area contributed by atoms with Gasteiger partial charge >= 0.3 is 5.97 Å². The van der Waals surface area contributed by atoms with Crippen molar-refractivity contribution in [3.05, 3.63) is 0 Å². The van der Waals surface area contributed by atoms with Crippen LogP contribution in [0.5, 0.6) is 0 Å². The monoisotopic (exact) mass is 212 g/mol. The second-order valence-electron chi connectivity index (χ2n) is 5.29. The van der Waals surface area contributed by atoms with Crippen molar-refractivity contribution in [2.75, 3.05) is 0 Å². The molecule has 1 rings (SSSR count). The first-order valence-corrected chi connectivity index (χ1v) is 5.58. The molecule has 1 aliphatic carbocycles. The van der Waals surface area contributed by atoms with Gasteiger partial charge in [0.25, 0.3) is 0 Å². The van der Waals surface area contributed by atoms with Crippen LogP contribution in [-0.4, -0.2) is 17.4 Å². The largest absolute Gasteiger partial charge is 0.459 e. The van der Waals surface area contributed by atoms with Crippen molar-refractivity contribution >= 4 is 11.8 Å². The fraction of sp³-hybridized carbons (Fsp3) is 0.833. The third-order valence-electron chi connectivity index (χ3n) is 2.69. The second kappa shape index (κ2) is 4.33. The number of rotatable bonds is 3. The Hall–Kier alpha value is -0.860. The minimum absolute atomic E-state index is 0.0514. The highest BCUT2D eigenvalue weighted by molar-refractivity contribution is 6.00. The number of hydrogen-bond donors (Lipinski definition) is 0. The van der Waals surface area contributed by atoms with Gasteiger partial charge in [-0.25, -0.2) is 0 Å². The minimum Gasteiger partial charge on any atom is -0.459 e. The molecule has 3 nitrogen and oxygen atoms in total. The highest BCUT2D eigenvalue weighted by Crippen LogP contribution is 2.30. The smallest absolute Gasteiger partial charge is 0.316 e. The maximum Gasteiger partial charge on any atom is 0.316 e. The van der Waals surface area contributed by atoms with Crippen LogP contribution in [0.4, 0.5) is 0 Å². The summed E-state index contributed by atoms with van der Waals surface area (Å²) < 4.78 is 5.18. The number of ether oxygens (including phenoxy) is 1. The summed E-state index contributed by atoms with van der Waals surface area (Å²) in [6.45, 7) is 7.08. The predicted octanol–water partition coefficient (Wildman–Crippen LogP) is 2.33. The molecule has 0 unspecified atom stereocenters. The molecule has 1 saturated carbocycles. The Labute approximate surface area is 91.2 Å². The van der Waals surface area contributed by atoms with Gasteiger partial charge in [0.05, 0.1) is 0 Å². The van der Waals surface area contributed by atoms with Crippen molar-refractivity contribution in [3.63, 3.8) is 0 Å². The molecule has 0 amide bonds. The lowest BCUT2D eigenvalue weighted by Crippen LogP contribution is -2.35. The van der Waals surface area contributed by atoms with Crippen molar-refractivity contribution < 1.29 is 14.3 Å². The number of ketones is 1. The molecule has 0 aliphatic heterocycles. The molecule has 1 aliphatic rings. The molecule has 0 N–H and O–H groups in total. The fourth-order valence-corrected chi connectivity index (χ4v) is 1.55. The Morgan fingerprint density at radius 2 is 1.80 bits per heavy atom. The SMILES string of the molecule is C[C@H](C(=O)OC(C)(C)C)C(=O)C1CCC1. The van der Waals surface area contributed by atoms with Gasteiger partial charge in [-0.3, -0.25) is 9.59 Å². The summed E-state index contributed by atoms with van der Waals surface area (Å²) in [6.07, 6.45) is 2.98. The van der Waals surface area contributed by atoms with Crippen molar-refractivity contribution in [2.24, 2.45) is 11.8 Å². The molecule has 0 spiro atoms. The molecular weight excluding hydrogens is 192 g/mol. The van der Waals surface area contributed by atoms with E-state index in [1.807, 2.05) is 20.8 Å². The summed E-state index contributed by atoms with van der Waals surface area (Å²) in [5, 5.41) is 0. The van der Waals surface area contributed by atoms with Gasteiger partial charge in [-0.15, -0.1) is 0 Å². The summed E-state index contributed by atoms with van der Waals surface area (Å²) >= 11 is 0. The average molecular weight is 212 g/mol. The third-order valence-corrected chi connectivity index (χ3v) is 2.69. The lowest BCUT2D eigenvalue weighted by Gasteiger charge is -2.27. The van der Waals surface area contributed by atoms with Gasteiger partial charge in [-0.1, -0.05) is 6.42 Å². The van der Waals surface area contributed by atoms with Crippen LogP contribution in [0.15, 0.2) is 0 Å². The summed E-state index contributed by atoms with van der Waals surface area (Å²) in [7, 11) is 0. The summed E-state index contributed by atoms with van der Waals surface area (Å²) in [5.41, 5.74) is -0.509.